The van der Waals surface area contributed by atoms with Crippen molar-refractivity contribution in [1.82, 2.24) is 5.32 Å². The molecular weight excluding hydrogens is 158 g/mol. The Bertz CT molecular complexity index is 191. The van der Waals surface area contributed by atoms with Gasteiger partial charge in [-0.3, -0.25) is 9.59 Å². The number of ketones is 1. The maximum absolute atomic E-state index is 11.0. The number of hydrogen-bond donors (Lipinski definition) is 1. The average molecular weight is 171 g/mol. The number of carbonyl (C=O) groups is 2. The topological polar surface area (TPSA) is 55.4 Å². The fourth-order valence-corrected chi connectivity index (χ4v) is 1.23. The van der Waals surface area contributed by atoms with Crippen LogP contribution in [0.3, 0.4) is 0 Å². The molecule has 4 nitrogen and oxygen atoms in total. The van der Waals surface area contributed by atoms with Crippen molar-refractivity contribution in [2.45, 2.75) is 13.3 Å². The van der Waals surface area contributed by atoms with Crippen LogP contribution in [0.1, 0.15) is 13.3 Å². The molecule has 1 aliphatic heterocycles. The zero-order chi connectivity index (χ0) is 8.97. The van der Waals surface area contributed by atoms with Gasteiger partial charge >= 0.3 is 5.97 Å². The van der Waals surface area contributed by atoms with Gasteiger partial charge in [-0.25, -0.2) is 0 Å². The van der Waals surface area contributed by atoms with Crippen LogP contribution in [0.15, 0.2) is 0 Å². The van der Waals surface area contributed by atoms with Gasteiger partial charge in [0.1, 0.15) is 0 Å². The highest BCUT2D eigenvalue weighted by molar-refractivity contribution is 5.88. The molecule has 0 aliphatic carbocycles. The minimum Gasteiger partial charge on any atom is -0.466 e. The predicted octanol–water partition coefficient (Wildman–Crippen LogP) is -0.272. The summed E-state index contributed by atoms with van der Waals surface area (Å²) >= 11 is 0. The second-order valence-corrected chi connectivity index (χ2v) is 2.80. The van der Waals surface area contributed by atoms with E-state index in [1.807, 2.05) is 0 Å². The highest BCUT2D eigenvalue weighted by atomic mass is 16.5. The van der Waals surface area contributed by atoms with Crippen LogP contribution >= 0.6 is 0 Å². The summed E-state index contributed by atoms with van der Waals surface area (Å²) in [5.74, 6) is -0.327. The molecule has 0 aromatic heterocycles. The molecule has 1 heterocycles. The van der Waals surface area contributed by atoms with Crippen LogP contribution in [0.5, 0.6) is 0 Å². The first kappa shape index (κ1) is 9.19. The van der Waals surface area contributed by atoms with E-state index in [4.69, 9.17) is 4.74 Å². The molecule has 1 N–H and O–H groups in total. The SMILES string of the molecule is CCOC(=O)CC1CNCC1=O. The van der Waals surface area contributed by atoms with Crippen LogP contribution in [0.2, 0.25) is 0 Å². The predicted molar refractivity (Wildman–Crippen MR) is 42.6 cm³/mol. The summed E-state index contributed by atoms with van der Waals surface area (Å²) in [5.41, 5.74) is 0. The van der Waals surface area contributed by atoms with E-state index in [1.54, 1.807) is 6.92 Å². The fourth-order valence-electron chi connectivity index (χ4n) is 1.23. The molecule has 0 saturated carbocycles. The van der Waals surface area contributed by atoms with E-state index in [9.17, 15) is 9.59 Å². The van der Waals surface area contributed by atoms with Gasteiger partial charge in [0.2, 0.25) is 0 Å². The highest BCUT2D eigenvalue weighted by Gasteiger charge is 2.26. The van der Waals surface area contributed by atoms with Gasteiger partial charge in [0, 0.05) is 12.5 Å². The number of esters is 1. The van der Waals surface area contributed by atoms with Gasteiger partial charge in [-0.1, -0.05) is 0 Å². The fraction of sp³-hybridized carbons (Fsp3) is 0.750. The lowest BCUT2D eigenvalue weighted by Crippen LogP contribution is -2.18. The van der Waals surface area contributed by atoms with Gasteiger partial charge in [0.15, 0.2) is 5.78 Å². The number of rotatable bonds is 3. The van der Waals surface area contributed by atoms with E-state index >= 15 is 0 Å². The summed E-state index contributed by atoms with van der Waals surface area (Å²) in [7, 11) is 0. The summed E-state index contributed by atoms with van der Waals surface area (Å²) < 4.78 is 4.73. The van der Waals surface area contributed by atoms with Crippen molar-refractivity contribution in [3.8, 4) is 0 Å². The van der Waals surface area contributed by atoms with Gasteiger partial charge in [-0.15, -0.1) is 0 Å². The zero-order valence-corrected chi connectivity index (χ0v) is 7.13. The third kappa shape index (κ3) is 2.30. The minimum absolute atomic E-state index is 0.114. The Hall–Kier alpha value is -0.900. The van der Waals surface area contributed by atoms with Crippen LogP contribution in [-0.4, -0.2) is 31.4 Å². The summed E-state index contributed by atoms with van der Waals surface area (Å²) in [6.07, 6.45) is 0.222. The lowest BCUT2D eigenvalue weighted by Gasteiger charge is -2.05. The first-order valence-electron chi connectivity index (χ1n) is 4.13. The van der Waals surface area contributed by atoms with Crippen molar-refractivity contribution in [2.24, 2.45) is 5.92 Å². The molecule has 0 aromatic carbocycles. The summed E-state index contributed by atoms with van der Waals surface area (Å²) in [6.45, 7) is 3.14. The normalized spacial score (nSPS) is 22.8. The second kappa shape index (κ2) is 4.21. The van der Waals surface area contributed by atoms with E-state index in [2.05, 4.69) is 5.32 Å². The molecule has 0 amide bonds. The summed E-state index contributed by atoms with van der Waals surface area (Å²) in [4.78, 5) is 22.0. The van der Waals surface area contributed by atoms with Crippen molar-refractivity contribution in [3.05, 3.63) is 0 Å². The van der Waals surface area contributed by atoms with Gasteiger partial charge < -0.3 is 10.1 Å². The summed E-state index contributed by atoms with van der Waals surface area (Å²) in [6, 6.07) is 0. The molecule has 0 aromatic rings. The Balaban J connectivity index is 2.30. The van der Waals surface area contributed by atoms with Gasteiger partial charge in [-0.2, -0.15) is 0 Å². The van der Waals surface area contributed by atoms with E-state index in [0.29, 0.717) is 19.7 Å². The summed E-state index contributed by atoms with van der Waals surface area (Å²) in [5, 5.41) is 2.91. The van der Waals surface area contributed by atoms with E-state index < -0.39 is 0 Å². The number of carbonyl (C=O) groups excluding carboxylic acids is 2. The zero-order valence-electron chi connectivity index (χ0n) is 7.13. The minimum atomic E-state index is -0.278. The lowest BCUT2D eigenvalue weighted by molar-refractivity contribution is -0.145. The number of ether oxygens (including phenoxy) is 1. The Morgan fingerprint density at radius 3 is 3.00 bits per heavy atom. The maximum atomic E-state index is 11.0. The Labute approximate surface area is 71.3 Å². The third-order valence-corrected chi connectivity index (χ3v) is 1.86. The molecular formula is C8H13NO3. The van der Waals surface area contributed by atoms with Crippen LogP contribution in [0.4, 0.5) is 0 Å². The van der Waals surface area contributed by atoms with Gasteiger partial charge in [0.05, 0.1) is 19.6 Å². The van der Waals surface area contributed by atoms with Gasteiger partial charge in [-0.05, 0) is 6.92 Å². The molecule has 1 rings (SSSR count). The quantitative estimate of drug-likeness (QED) is 0.594. The Morgan fingerprint density at radius 1 is 1.75 bits per heavy atom. The number of Topliss-reactive ketones (excluding diaryl/α,β-unsaturated/α-hetero) is 1. The largest absolute Gasteiger partial charge is 0.466 e. The molecule has 1 unspecified atom stereocenters. The van der Waals surface area contributed by atoms with Crippen molar-refractivity contribution in [3.63, 3.8) is 0 Å². The molecule has 0 bridgehead atoms. The maximum Gasteiger partial charge on any atom is 0.306 e. The van der Waals surface area contributed by atoms with Crippen molar-refractivity contribution >= 4 is 11.8 Å². The third-order valence-electron chi connectivity index (χ3n) is 1.86. The van der Waals surface area contributed by atoms with E-state index in [1.165, 1.54) is 0 Å². The van der Waals surface area contributed by atoms with Gasteiger partial charge in [0.25, 0.3) is 0 Å². The Kier molecular flexibility index (Phi) is 3.22. The van der Waals surface area contributed by atoms with Crippen LogP contribution in [0, 0.1) is 5.92 Å². The van der Waals surface area contributed by atoms with Crippen LogP contribution in [-0.2, 0) is 14.3 Å². The van der Waals surface area contributed by atoms with Crippen molar-refractivity contribution < 1.29 is 14.3 Å². The highest BCUT2D eigenvalue weighted by Crippen LogP contribution is 2.09. The molecule has 12 heavy (non-hydrogen) atoms. The van der Waals surface area contributed by atoms with E-state index in [-0.39, 0.29) is 24.1 Å². The molecule has 68 valence electrons. The van der Waals surface area contributed by atoms with E-state index in [0.717, 1.165) is 0 Å². The first-order chi connectivity index (χ1) is 5.74. The molecule has 1 atom stereocenters. The average Bonchev–Trinajstić information content (AvgIpc) is 2.37. The molecule has 0 spiro atoms. The van der Waals surface area contributed by atoms with Crippen LogP contribution in [0.25, 0.3) is 0 Å². The molecule has 1 saturated heterocycles. The second-order valence-electron chi connectivity index (χ2n) is 2.80. The number of nitrogens with one attached hydrogen (secondary N) is 1. The first-order valence-corrected chi connectivity index (χ1v) is 4.13. The smallest absolute Gasteiger partial charge is 0.306 e. The lowest BCUT2D eigenvalue weighted by atomic mass is 10.0. The molecule has 1 aliphatic rings. The van der Waals surface area contributed by atoms with Crippen molar-refractivity contribution in [2.75, 3.05) is 19.7 Å². The van der Waals surface area contributed by atoms with Crippen molar-refractivity contribution in [1.29, 1.82) is 0 Å². The Morgan fingerprint density at radius 2 is 2.50 bits per heavy atom. The number of hydrogen-bond acceptors (Lipinski definition) is 4. The monoisotopic (exact) mass is 171 g/mol. The molecule has 1 fully saturated rings. The standard InChI is InChI=1S/C8H13NO3/c1-2-12-8(11)3-6-4-9-5-7(6)10/h6,9H,2-5H2,1H3. The molecule has 0 radical (unpaired) electrons. The molecule has 4 heteroatoms. The van der Waals surface area contributed by atoms with Crippen LogP contribution < -0.4 is 5.32 Å².